The third-order valence-electron chi connectivity index (χ3n) is 7.95. The minimum absolute atomic E-state index is 0.00642. The number of allylic oxidation sites excluding steroid dienone is 1. The van der Waals surface area contributed by atoms with E-state index in [9.17, 15) is 19.5 Å². The number of aryl methyl sites for hydroxylation is 1. The number of para-hydroxylation sites is 2. The van der Waals surface area contributed by atoms with Gasteiger partial charge in [-0.25, -0.2) is 0 Å². The number of nitrogens with one attached hydrogen (secondary N) is 1. The monoisotopic (exact) mass is 536 g/mol. The summed E-state index contributed by atoms with van der Waals surface area (Å²) in [7, 11) is 0. The Morgan fingerprint density at radius 2 is 1.55 bits per heavy atom. The number of anilines is 2. The summed E-state index contributed by atoms with van der Waals surface area (Å²) in [4.78, 5) is 40.8. The minimum atomic E-state index is -1.03. The first-order valence-electron chi connectivity index (χ1n) is 13.9. The predicted molar refractivity (Wildman–Crippen MR) is 157 cm³/mol. The average molecular weight is 537 g/mol. The first-order chi connectivity index (χ1) is 19.0. The zero-order chi connectivity index (χ0) is 28.6. The molecule has 206 valence electrons. The van der Waals surface area contributed by atoms with E-state index in [-0.39, 0.29) is 35.9 Å². The Hall–Kier alpha value is -4.19. The van der Waals surface area contributed by atoms with Crippen LogP contribution in [0.25, 0.3) is 0 Å². The van der Waals surface area contributed by atoms with Gasteiger partial charge in [0.25, 0.3) is 0 Å². The van der Waals surface area contributed by atoms with Gasteiger partial charge >= 0.3 is 5.97 Å². The maximum Gasteiger partial charge on any atom is 0.303 e. The molecule has 0 aromatic heterocycles. The van der Waals surface area contributed by atoms with Crippen LogP contribution in [0.5, 0.6) is 0 Å². The van der Waals surface area contributed by atoms with Gasteiger partial charge in [0.1, 0.15) is 0 Å². The molecule has 0 spiro atoms. The number of benzene rings is 3. The van der Waals surface area contributed by atoms with Crippen molar-refractivity contribution in [2.75, 3.05) is 10.2 Å². The van der Waals surface area contributed by atoms with Gasteiger partial charge in [0.05, 0.1) is 23.8 Å². The fourth-order valence-corrected chi connectivity index (χ4v) is 5.75. The molecule has 2 N–H and O–H groups in total. The third kappa shape index (κ3) is 5.44. The number of carbonyl (C=O) groups excluding carboxylic acids is 2. The molecule has 40 heavy (non-hydrogen) atoms. The molecule has 0 fully saturated rings. The van der Waals surface area contributed by atoms with E-state index in [1.165, 1.54) is 5.56 Å². The molecule has 2 aliphatic rings. The summed E-state index contributed by atoms with van der Waals surface area (Å²) in [5.74, 6) is -1.36. The Morgan fingerprint density at radius 3 is 2.20 bits per heavy atom. The number of carboxylic acids is 1. The highest BCUT2D eigenvalue weighted by Crippen LogP contribution is 2.47. The smallest absolute Gasteiger partial charge is 0.303 e. The molecule has 5 rings (SSSR count). The number of ketones is 1. The van der Waals surface area contributed by atoms with Gasteiger partial charge in [0.15, 0.2) is 5.78 Å². The van der Waals surface area contributed by atoms with Crippen LogP contribution in [0, 0.1) is 6.92 Å². The van der Waals surface area contributed by atoms with E-state index in [1.54, 1.807) is 4.90 Å². The number of hydrogen-bond donors (Lipinski definition) is 2. The molecule has 2 atom stereocenters. The van der Waals surface area contributed by atoms with Crippen molar-refractivity contribution in [2.24, 2.45) is 0 Å². The largest absolute Gasteiger partial charge is 0.481 e. The van der Waals surface area contributed by atoms with Crippen LogP contribution in [-0.2, 0) is 19.8 Å². The summed E-state index contributed by atoms with van der Waals surface area (Å²) in [5, 5.41) is 12.8. The zero-order valence-corrected chi connectivity index (χ0v) is 23.5. The molecule has 6 heteroatoms. The zero-order valence-electron chi connectivity index (χ0n) is 23.5. The molecule has 0 saturated heterocycles. The number of Topliss-reactive ketones (excluding diaryl/α,β-unsaturated/α-hetero) is 1. The Labute approximate surface area is 235 Å². The lowest BCUT2D eigenvalue weighted by atomic mass is 9.77. The van der Waals surface area contributed by atoms with Crippen molar-refractivity contribution in [3.8, 4) is 0 Å². The molecule has 1 heterocycles. The molecule has 1 aliphatic heterocycles. The summed E-state index contributed by atoms with van der Waals surface area (Å²) < 4.78 is 0. The van der Waals surface area contributed by atoms with Crippen LogP contribution in [0.15, 0.2) is 84.1 Å². The van der Waals surface area contributed by atoms with Gasteiger partial charge in [-0.1, -0.05) is 87.0 Å². The van der Waals surface area contributed by atoms with E-state index in [4.69, 9.17) is 0 Å². The quantitative estimate of drug-likeness (QED) is 0.365. The highest BCUT2D eigenvalue weighted by atomic mass is 16.4. The number of aliphatic carboxylic acids is 1. The van der Waals surface area contributed by atoms with Crippen molar-refractivity contribution in [3.63, 3.8) is 0 Å². The predicted octanol–water partition coefficient (Wildman–Crippen LogP) is 7.06. The number of amides is 1. The Bertz CT molecular complexity index is 1480. The van der Waals surface area contributed by atoms with Crippen molar-refractivity contribution < 1.29 is 19.5 Å². The van der Waals surface area contributed by atoms with Crippen LogP contribution in [0.3, 0.4) is 0 Å². The third-order valence-corrected chi connectivity index (χ3v) is 7.95. The maximum absolute atomic E-state index is 14.1. The van der Waals surface area contributed by atoms with Crippen molar-refractivity contribution >= 4 is 29.0 Å². The summed E-state index contributed by atoms with van der Waals surface area (Å²) in [5.41, 5.74) is 7.05. The molecular formula is C34H36N2O4. The lowest BCUT2D eigenvalue weighted by molar-refractivity contribution is -0.138. The number of carbonyl (C=O) groups is 3. The minimum Gasteiger partial charge on any atom is -0.481 e. The Balaban J connectivity index is 1.63. The fraction of sp³-hybridized carbons (Fsp3) is 0.324. The van der Waals surface area contributed by atoms with Gasteiger partial charge in [0, 0.05) is 24.1 Å². The number of hydrogen-bond acceptors (Lipinski definition) is 4. The van der Waals surface area contributed by atoms with Gasteiger partial charge in [-0.05, 0) is 53.5 Å². The van der Waals surface area contributed by atoms with Gasteiger partial charge in [-0.3, -0.25) is 19.3 Å². The Morgan fingerprint density at radius 1 is 0.900 bits per heavy atom. The van der Waals surface area contributed by atoms with Crippen LogP contribution >= 0.6 is 0 Å². The summed E-state index contributed by atoms with van der Waals surface area (Å²) in [6, 6.07) is 23.3. The molecule has 2 unspecified atom stereocenters. The molecule has 0 bridgehead atoms. The molecule has 1 aliphatic carbocycles. The fourth-order valence-electron chi connectivity index (χ4n) is 5.75. The second-order valence-electron chi connectivity index (χ2n) is 11.9. The van der Waals surface area contributed by atoms with Gasteiger partial charge in [-0.2, -0.15) is 0 Å². The molecule has 6 nitrogen and oxygen atoms in total. The average Bonchev–Trinajstić information content (AvgIpc) is 3.06. The molecule has 3 aromatic carbocycles. The first-order valence-corrected chi connectivity index (χ1v) is 13.9. The maximum atomic E-state index is 14.1. The lowest BCUT2D eigenvalue weighted by Crippen LogP contribution is -2.38. The number of fused-ring (bicyclic) bond motifs is 1. The summed E-state index contributed by atoms with van der Waals surface area (Å²) >= 11 is 0. The number of rotatable bonds is 5. The Kier molecular flexibility index (Phi) is 7.37. The van der Waals surface area contributed by atoms with Crippen molar-refractivity contribution in [2.45, 2.75) is 70.8 Å². The highest BCUT2D eigenvalue weighted by Gasteiger charge is 2.41. The molecular weight excluding hydrogens is 500 g/mol. The summed E-state index contributed by atoms with van der Waals surface area (Å²) in [6.07, 6.45) is 0.526. The standard InChI is InChI=1S/C34H36N2O4/c1-21-9-11-23(12-10-21)33-32-27(19-24(20-29(32)37)22-13-15-25(16-14-22)34(2,3)4)35-26-7-5-6-8-28(26)36(33)30(38)17-18-31(39)40/h5-16,24,33,35H,17-20H2,1-4H3,(H,39,40). The van der Waals surface area contributed by atoms with Crippen LogP contribution in [0.2, 0.25) is 0 Å². The van der Waals surface area contributed by atoms with Gasteiger partial charge in [0.2, 0.25) is 5.91 Å². The van der Waals surface area contributed by atoms with Crippen molar-refractivity contribution in [1.82, 2.24) is 0 Å². The topological polar surface area (TPSA) is 86.7 Å². The lowest BCUT2D eigenvalue weighted by Gasteiger charge is -2.35. The van der Waals surface area contributed by atoms with E-state index in [2.05, 4.69) is 50.4 Å². The van der Waals surface area contributed by atoms with Crippen molar-refractivity contribution in [1.29, 1.82) is 0 Å². The van der Waals surface area contributed by atoms with E-state index in [0.717, 1.165) is 28.1 Å². The van der Waals surface area contributed by atoms with E-state index >= 15 is 0 Å². The van der Waals surface area contributed by atoms with Crippen LogP contribution < -0.4 is 10.2 Å². The SMILES string of the molecule is Cc1ccc(C2C3=C(CC(c4ccc(C(C)(C)C)cc4)CC3=O)Nc3ccccc3N2C(=O)CCC(=O)O)cc1. The molecule has 3 aromatic rings. The summed E-state index contributed by atoms with van der Waals surface area (Å²) in [6.45, 7) is 8.55. The highest BCUT2D eigenvalue weighted by molar-refractivity contribution is 6.06. The molecule has 0 radical (unpaired) electrons. The van der Waals surface area contributed by atoms with E-state index < -0.39 is 12.0 Å². The second kappa shape index (κ2) is 10.8. The number of carboxylic acid groups (broad SMARTS) is 1. The number of nitrogens with zero attached hydrogens (tertiary/aromatic N) is 1. The van der Waals surface area contributed by atoms with Crippen LogP contribution in [0.1, 0.15) is 80.7 Å². The van der Waals surface area contributed by atoms with E-state index in [1.807, 2.05) is 55.5 Å². The van der Waals surface area contributed by atoms with Gasteiger partial charge < -0.3 is 10.4 Å². The molecule has 0 saturated carbocycles. The van der Waals surface area contributed by atoms with E-state index in [0.29, 0.717) is 24.1 Å². The molecule has 1 amide bonds. The normalized spacial score (nSPS) is 18.9. The van der Waals surface area contributed by atoms with Gasteiger partial charge in [-0.15, -0.1) is 0 Å². The second-order valence-corrected chi connectivity index (χ2v) is 11.9. The van der Waals surface area contributed by atoms with Crippen LogP contribution in [-0.4, -0.2) is 22.8 Å². The first kappa shape index (κ1) is 27.4. The van der Waals surface area contributed by atoms with Crippen molar-refractivity contribution in [3.05, 3.63) is 106 Å². The van der Waals surface area contributed by atoms with Crippen LogP contribution in [0.4, 0.5) is 11.4 Å².